The lowest BCUT2D eigenvalue weighted by Crippen LogP contribution is -2.44. The van der Waals surface area contributed by atoms with Gasteiger partial charge in [-0.25, -0.2) is 19.2 Å². The summed E-state index contributed by atoms with van der Waals surface area (Å²) in [5.41, 5.74) is 2.38. The van der Waals surface area contributed by atoms with Crippen molar-refractivity contribution in [1.29, 1.82) is 0 Å². The van der Waals surface area contributed by atoms with Crippen LogP contribution in [-0.2, 0) is 10.0 Å². The maximum Gasteiger partial charge on any atom is 0.244 e. The van der Waals surface area contributed by atoms with Crippen LogP contribution in [0.25, 0.3) is 0 Å². The molecule has 1 saturated heterocycles. The number of rotatable bonds is 3. The summed E-state index contributed by atoms with van der Waals surface area (Å²) in [5, 5.41) is 0. The molecule has 2 rings (SSSR count). The van der Waals surface area contributed by atoms with Gasteiger partial charge in [-0.05, 0) is 37.8 Å². The number of piperidine rings is 1. The number of pyridine rings is 1. The molecule has 2 atom stereocenters. The Morgan fingerprint density at radius 2 is 2.16 bits per heavy atom. The Bertz CT molecular complexity index is 529. The molecule has 1 aliphatic heterocycles. The van der Waals surface area contributed by atoms with Crippen molar-refractivity contribution in [2.24, 2.45) is 11.8 Å². The topological polar surface area (TPSA) is 88.3 Å². The highest BCUT2D eigenvalue weighted by Crippen LogP contribution is 2.27. The van der Waals surface area contributed by atoms with E-state index in [2.05, 4.69) is 17.3 Å². The maximum absolute atomic E-state index is 12.5. The molecule has 0 amide bonds. The number of sulfonamides is 1. The van der Waals surface area contributed by atoms with Gasteiger partial charge in [-0.1, -0.05) is 6.92 Å². The normalized spacial score (nSPS) is 25.2. The van der Waals surface area contributed by atoms with Crippen LogP contribution in [0, 0.1) is 5.92 Å². The van der Waals surface area contributed by atoms with E-state index in [0.717, 1.165) is 12.8 Å². The van der Waals surface area contributed by atoms with E-state index in [1.165, 1.54) is 12.3 Å². The van der Waals surface area contributed by atoms with E-state index >= 15 is 0 Å². The Morgan fingerprint density at radius 3 is 2.68 bits per heavy atom. The van der Waals surface area contributed by atoms with Gasteiger partial charge in [0.15, 0.2) is 0 Å². The van der Waals surface area contributed by atoms with Crippen LogP contribution in [0.1, 0.15) is 26.7 Å². The predicted octanol–water partition coefficient (Wildman–Crippen LogP) is 1.18. The Hall–Kier alpha value is -1.18. The highest BCUT2D eigenvalue weighted by Gasteiger charge is 2.33. The SMILES string of the molecule is CC1CCN(S(=O)(=O)c2ccc(NN)nc2)C(C)C1. The minimum Gasteiger partial charge on any atom is -0.308 e. The third-order valence-corrected chi connectivity index (χ3v) is 5.57. The van der Waals surface area contributed by atoms with Gasteiger partial charge >= 0.3 is 0 Å². The van der Waals surface area contributed by atoms with Crippen molar-refractivity contribution in [3.8, 4) is 0 Å². The quantitative estimate of drug-likeness (QED) is 0.642. The Balaban J connectivity index is 2.26. The number of hydrogen-bond acceptors (Lipinski definition) is 5. The van der Waals surface area contributed by atoms with Gasteiger partial charge in [-0.15, -0.1) is 0 Å². The van der Waals surface area contributed by atoms with E-state index in [4.69, 9.17) is 5.84 Å². The molecule has 0 spiro atoms. The Morgan fingerprint density at radius 1 is 1.42 bits per heavy atom. The lowest BCUT2D eigenvalue weighted by molar-refractivity contribution is 0.220. The van der Waals surface area contributed by atoms with Crippen LogP contribution in [0.3, 0.4) is 0 Å². The van der Waals surface area contributed by atoms with Gasteiger partial charge in [0.05, 0.1) is 0 Å². The monoisotopic (exact) mass is 284 g/mol. The first-order valence-electron chi connectivity index (χ1n) is 6.39. The van der Waals surface area contributed by atoms with E-state index in [1.54, 1.807) is 10.4 Å². The van der Waals surface area contributed by atoms with Gasteiger partial charge in [0.2, 0.25) is 10.0 Å². The van der Waals surface area contributed by atoms with E-state index in [1.807, 2.05) is 6.92 Å². The van der Waals surface area contributed by atoms with Crippen LogP contribution >= 0.6 is 0 Å². The molecule has 3 N–H and O–H groups in total. The molecule has 106 valence electrons. The number of nitrogens with one attached hydrogen (secondary N) is 1. The van der Waals surface area contributed by atoms with Crippen LogP contribution in [-0.4, -0.2) is 30.3 Å². The molecule has 2 unspecified atom stereocenters. The Labute approximate surface area is 114 Å². The second-order valence-corrected chi connectivity index (χ2v) is 7.01. The fourth-order valence-corrected chi connectivity index (χ4v) is 4.10. The van der Waals surface area contributed by atoms with Crippen molar-refractivity contribution < 1.29 is 8.42 Å². The fourth-order valence-electron chi connectivity index (χ4n) is 2.50. The third kappa shape index (κ3) is 2.88. The van der Waals surface area contributed by atoms with E-state index in [9.17, 15) is 8.42 Å². The number of nitrogen functional groups attached to an aromatic ring is 1. The van der Waals surface area contributed by atoms with Crippen LogP contribution in [0.15, 0.2) is 23.2 Å². The van der Waals surface area contributed by atoms with Crippen molar-refractivity contribution in [2.45, 2.75) is 37.6 Å². The van der Waals surface area contributed by atoms with Crippen LogP contribution in [0.4, 0.5) is 5.82 Å². The molecule has 0 aromatic carbocycles. The van der Waals surface area contributed by atoms with Crippen LogP contribution < -0.4 is 11.3 Å². The highest BCUT2D eigenvalue weighted by molar-refractivity contribution is 7.89. The first kappa shape index (κ1) is 14.2. The van der Waals surface area contributed by atoms with E-state index < -0.39 is 10.0 Å². The third-order valence-electron chi connectivity index (χ3n) is 3.57. The zero-order chi connectivity index (χ0) is 14.0. The summed E-state index contributed by atoms with van der Waals surface area (Å²) in [5.74, 6) is 6.23. The largest absolute Gasteiger partial charge is 0.308 e. The predicted molar refractivity (Wildman–Crippen MR) is 73.8 cm³/mol. The zero-order valence-electron chi connectivity index (χ0n) is 11.2. The number of nitrogens with two attached hydrogens (primary N) is 1. The molecule has 1 fully saturated rings. The first-order valence-corrected chi connectivity index (χ1v) is 7.83. The van der Waals surface area contributed by atoms with Gasteiger partial charge in [-0.3, -0.25) is 0 Å². The standard InChI is InChI=1S/C12H20N4O2S/c1-9-5-6-16(10(2)7-9)19(17,18)11-3-4-12(15-13)14-8-11/h3-4,8-10H,5-7,13H2,1-2H3,(H,14,15). The van der Waals surface area contributed by atoms with Crippen LogP contribution in [0.5, 0.6) is 0 Å². The zero-order valence-corrected chi connectivity index (χ0v) is 12.0. The molecule has 0 saturated carbocycles. The second-order valence-electron chi connectivity index (χ2n) is 5.12. The van der Waals surface area contributed by atoms with Crippen molar-refractivity contribution in [3.05, 3.63) is 18.3 Å². The number of nitrogens with zero attached hydrogens (tertiary/aromatic N) is 2. The van der Waals surface area contributed by atoms with E-state index in [0.29, 0.717) is 18.3 Å². The lowest BCUT2D eigenvalue weighted by atomic mass is 9.95. The highest BCUT2D eigenvalue weighted by atomic mass is 32.2. The molecule has 0 radical (unpaired) electrons. The summed E-state index contributed by atoms with van der Waals surface area (Å²) in [4.78, 5) is 4.17. The minimum absolute atomic E-state index is 0.0288. The minimum atomic E-state index is -3.46. The van der Waals surface area contributed by atoms with Gasteiger partial charge in [-0.2, -0.15) is 4.31 Å². The van der Waals surface area contributed by atoms with Gasteiger partial charge < -0.3 is 5.43 Å². The number of aromatic nitrogens is 1. The van der Waals surface area contributed by atoms with Gasteiger partial charge in [0.25, 0.3) is 0 Å². The molecule has 6 nitrogen and oxygen atoms in total. The molecule has 0 bridgehead atoms. The van der Waals surface area contributed by atoms with Gasteiger partial charge in [0.1, 0.15) is 10.7 Å². The number of hydrazine groups is 1. The van der Waals surface area contributed by atoms with Crippen LogP contribution in [0.2, 0.25) is 0 Å². The molecule has 2 heterocycles. The lowest BCUT2D eigenvalue weighted by Gasteiger charge is -2.35. The second kappa shape index (κ2) is 5.44. The summed E-state index contributed by atoms with van der Waals surface area (Å²) in [6.45, 7) is 4.68. The fraction of sp³-hybridized carbons (Fsp3) is 0.583. The molecule has 1 aromatic rings. The first-order chi connectivity index (χ1) is 8.95. The van der Waals surface area contributed by atoms with Crippen molar-refractivity contribution in [1.82, 2.24) is 9.29 Å². The Kier molecular flexibility index (Phi) is 4.07. The molecular weight excluding hydrogens is 264 g/mol. The van der Waals surface area contributed by atoms with Crippen molar-refractivity contribution in [2.75, 3.05) is 12.0 Å². The summed E-state index contributed by atoms with van der Waals surface area (Å²) < 4.78 is 26.6. The molecule has 1 aliphatic rings. The van der Waals surface area contributed by atoms with Crippen molar-refractivity contribution in [3.63, 3.8) is 0 Å². The molecule has 0 aliphatic carbocycles. The summed E-state index contributed by atoms with van der Waals surface area (Å²) in [6.07, 6.45) is 3.14. The molecule has 7 heteroatoms. The summed E-state index contributed by atoms with van der Waals surface area (Å²) >= 11 is 0. The van der Waals surface area contributed by atoms with E-state index in [-0.39, 0.29) is 10.9 Å². The van der Waals surface area contributed by atoms with Crippen molar-refractivity contribution >= 4 is 15.8 Å². The average Bonchev–Trinajstić information content (AvgIpc) is 2.38. The smallest absolute Gasteiger partial charge is 0.244 e. The van der Waals surface area contributed by atoms with Gasteiger partial charge in [0, 0.05) is 18.8 Å². The average molecular weight is 284 g/mol. The molecule has 1 aromatic heterocycles. The molecule has 19 heavy (non-hydrogen) atoms. The number of anilines is 1. The molecular formula is C12H20N4O2S. The summed E-state index contributed by atoms with van der Waals surface area (Å²) in [6, 6.07) is 3.12. The maximum atomic E-state index is 12.5. The number of hydrogen-bond donors (Lipinski definition) is 2. The summed E-state index contributed by atoms with van der Waals surface area (Å²) in [7, 11) is -3.46.